The molecule has 2 heterocycles. The van der Waals surface area contributed by atoms with Crippen molar-refractivity contribution in [3.63, 3.8) is 0 Å². The SMILES string of the molecule is C1=Cc2c(oc3cc(N(c4ccccc4)c4cccc5c4ccc4c6ccccc6c(N(c6ccccc6)c6ccc7c(c6)oc6ccccc67)cc54)ccc23)CC1. The molecular weight excluding hydrogens is 709 g/mol. The van der Waals surface area contributed by atoms with Crippen LogP contribution in [-0.2, 0) is 6.42 Å². The molecular formula is C54H36N2O2. The second kappa shape index (κ2) is 13.0. The molecule has 0 spiro atoms. The Morgan fingerprint density at radius 1 is 0.345 bits per heavy atom. The molecule has 0 aliphatic heterocycles. The summed E-state index contributed by atoms with van der Waals surface area (Å²) in [6.07, 6.45) is 6.40. The van der Waals surface area contributed by atoms with Crippen LogP contribution in [0.3, 0.4) is 0 Å². The molecule has 58 heavy (non-hydrogen) atoms. The monoisotopic (exact) mass is 744 g/mol. The van der Waals surface area contributed by atoms with E-state index >= 15 is 0 Å². The van der Waals surface area contributed by atoms with Gasteiger partial charge in [-0.3, -0.25) is 0 Å². The number of aryl methyl sites for hydroxylation is 1. The van der Waals surface area contributed by atoms with Gasteiger partial charge in [0, 0.05) is 73.8 Å². The maximum absolute atomic E-state index is 6.50. The summed E-state index contributed by atoms with van der Waals surface area (Å²) in [4.78, 5) is 4.74. The van der Waals surface area contributed by atoms with Crippen molar-refractivity contribution >= 4 is 105 Å². The van der Waals surface area contributed by atoms with Crippen molar-refractivity contribution in [3.05, 3.63) is 199 Å². The molecule has 0 amide bonds. The van der Waals surface area contributed by atoms with E-state index in [0.717, 1.165) is 91.0 Å². The summed E-state index contributed by atoms with van der Waals surface area (Å²) in [6, 6.07) is 65.3. The first-order valence-corrected chi connectivity index (χ1v) is 20.0. The van der Waals surface area contributed by atoms with Crippen molar-refractivity contribution in [3.8, 4) is 0 Å². The minimum absolute atomic E-state index is 0.866. The van der Waals surface area contributed by atoms with Crippen LogP contribution in [0.5, 0.6) is 0 Å². The molecule has 274 valence electrons. The van der Waals surface area contributed by atoms with E-state index < -0.39 is 0 Å². The second-order valence-electron chi connectivity index (χ2n) is 15.2. The fourth-order valence-electron chi connectivity index (χ4n) is 9.23. The summed E-state index contributed by atoms with van der Waals surface area (Å²) in [5.41, 5.74) is 10.3. The summed E-state index contributed by atoms with van der Waals surface area (Å²) in [7, 11) is 0. The zero-order chi connectivity index (χ0) is 38.2. The Morgan fingerprint density at radius 3 is 1.66 bits per heavy atom. The van der Waals surface area contributed by atoms with E-state index in [9.17, 15) is 0 Å². The Bertz CT molecular complexity index is 3410. The maximum Gasteiger partial charge on any atom is 0.137 e. The standard InChI is InChI=1S/C54H36N2O2/c1-3-14-35(15-4-1)55(37-26-28-46-44-20-9-11-24-51(44)57-53(46)32-37)49-23-13-22-40-43(49)31-30-41-39-18-7-8-19-42(39)50(34-48(40)41)56(36-16-5-2-6-17-36)38-27-29-47-45-21-10-12-25-52(45)58-54(47)33-38/h1-10,12-23,25-34H,11,24H2. The Hall–Kier alpha value is -7.56. The van der Waals surface area contributed by atoms with Gasteiger partial charge in [-0.15, -0.1) is 0 Å². The summed E-state index contributed by atoms with van der Waals surface area (Å²) < 4.78 is 12.9. The predicted molar refractivity (Wildman–Crippen MR) is 243 cm³/mol. The molecule has 0 unspecified atom stereocenters. The number of fused-ring (bicyclic) bond motifs is 11. The van der Waals surface area contributed by atoms with Crippen LogP contribution < -0.4 is 9.80 Å². The highest BCUT2D eigenvalue weighted by atomic mass is 16.3. The number of furan rings is 2. The number of benzene rings is 9. The molecule has 2 aromatic heterocycles. The first kappa shape index (κ1) is 32.7. The van der Waals surface area contributed by atoms with Crippen molar-refractivity contribution < 1.29 is 8.83 Å². The minimum atomic E-state index is 0.866. The zero-order valence-corrected chi connectivity index (χ0v) is 31.6. The molecule has 11 aromatic rings. The van der Waals surface area contributed by atoms with E-state index in [2.05, 4.69) is 192 Å². The molecule has 0 radical (unpaired) electrons. The van der Waals surface area contributed by atoms with Gasteiger partial charge in [0.05, 0.1) is 11.4 Å². The number of allylic oxidation sites excluding steroid dienone is 1. The molecule has 9 aromatic carbocycles. The van der Waals surface area contributed by atoms with Crippen LogP contribution in [-0.4, -0.2) is 0 Å². The lowest BCUT2D eigenvalue weighted by Crippen LogP contribution is -2.11. The average molecular weight is 745 g/mol. The van der Waals surface area contributed by atoms with Crippen LogP contribution in [0.25, 0.3) is 71.3 Å². The fourth-order valence-corrected chi connectivity index (χ4v) is 9.23. The lowest BCUT2D eigenvalue weighted by atomic mass is 9.94. The van der Waals surface area contributed by atoms with Gasteiger partial charge in [0.1, 0.15) is 22.5 Å². The Labute approximate surface area is 335 Å². The Kier molecular flexibility index (Phi) is 7.32. The number of rotatable bonds is 6. The van der Waals surface area contributed by atoms with Gasteiger partial charge in [-0.05, 0) is 94.7 Å². The average Bonchev–Trinajstić information content (AvgIpc) is 3.85. The van der Waals surface area contributed by atoms with E-state index in [1.54, 1.807) is 0 Å². The molecule has 4 nitrogen and oxygen atoms in total. The first-order chi connectivity index (χ1) is 28.8. The number of hydrogen-bond donors (Lipinski definition) is 0. The fraction of sp³-hybridized carbons (Fsp3) is 0.0370. The van der Waals surface area contributed by atoms with E-state index in [0.29, 0.717) is 0 Å². The third kappa shape index (κ3) is 5.08. The predicted octanol–water partition coefficient (Wildman–Crippen LogP) is 15.7. The van der Waals surface area contributed by atoms with Crippen LogP contribution in [0.15, 0.2) is 197 Å². The number of nitrogens with zero attached hydrogens (tertiary/aromatic N) is 2. The van der Waals surface area contributed by atoms with Gasteiger partial charge in [-0.25, -0.2) is 0 Å². The van der Waals surface area contributed by atoms with Crippen molar-refractivity contribution in [2.45, 2.75) is 12.8 Å². The van der Waals surface area contributed by atoms with Gasteiger partial charge in [0.2, 0.25) is 0 Å². The quantitative estimate of drug-likeness (QED) is 0.159. The largest absolute Gasteiger partial charge is 0.460 e. The molecule has 0 fully saturated rings. The van der Waals surface area contributed by atoms with Gasteiger partial charge in [-0.2, -0.15) is 0 Å². The van der Waals surface area contributed by atoms with E-state index in [1.165, 1.54) is 32.5 Å². The molecule has 0 bridgehead atoms. The van der Waals surface area contributed by atoms with E-state index in [-0.39, 0.29) is 0 Å². The molecule has 0 saturated heterocycles. The van der Waals surface area contributed by atoms with Gasteiger partial charge < -0.3 is 18.6 Å². The zero-order valence-electron chi connectivity index (χ0n) is 31.6. The van der Waals surface area contributed by atoms with Crippen LogP contribution >= 0.6 is 0 Å². The highest BCUT2D eigenvalue weighted by Gasteiger charge is 2.23. The lowest BCUT2D eigenvalue weighted by Gasteiger charge is -2.28. The van der Waals surface area contributed by atoms with Gasteiger partial charge in [0.15, 0.2) is 0 Å². The van der Waals surface area contributed by atoms with Crippen LogP contribution in [0, 0.1) is 0 Å². The molecule has 0 saturated carbocycles. The second-order valence-corrected chi connectivity index (χ2v) is 15.2. The third-order valence-electron chi connectivity index (χ3n) is 11.9. The molecule has 0 N–H and O–H groups in total. The summed E-state index contributed by atoms with van der Waals surface area (Å²) in [6.45, 7) is 0. The van der Waals surface area contributed by atoms with Crippen LogP contribution in [0.1, 0.15) is 17.7 Å². The molecule has 1 aliphatic rings. The number of hydrogen-bond acceptors (Lipinski definition) is 4. The minimum Gasteiger partial charge on any atom is -0.460 e. The normalized spacial score (nSPS) is 12.6. The smallest absolute Gasteiger partial charge is 0.137 e. The topological polar surface area (TPSA) is 32.8 Å². The summed E-state index contributed by atoms with van der Waals surface area (Å²) >= 11 is 0. The third-order valence-corrected chi connectivity index (χ3v) is 11.9. The van der Waals surface area contributed by atoms with Gasteiger partial charge >= 0.3 is 0 Å². The molecule has 12 rings (SSSR count). The highest BCUT2D eigenvalue weighted by molar-refractivity contribution is 6.23. The Morgan fingerprint density at radius 2 is 0.879 bits per heavy atom. The van der Waals surface area contributed by atoms with Gasteiger partial charge in [-0.1, -0.05) is 115 Å². The summed E-state index contributed by atoms with van der Waals surface area (Å²) in [5.74, 6) is 1.07. The van der Waals surface area contributed by atoms with E-state index in [1.807, 2.05) is 12.1 Å². The van der Waals surface area contributed by atoms with Crippen LogP contribution in [0.2, 0.25) is 0 Å². The first-order valence-electron chi connectivity index (χ1n) is 20.0. The molecule has 0 atom stereocenters. The molecule has 1 aliphatic carbocycles. The molecule has 4 heteroatoms. The summed E-state index contributed by atoms with van der Waals surface area (Å²) in [5, 5.41) is 10.5. The van der Waals surface area contributed by atoms with Crippen molar-refractivity contribution in [2.24, 2.45) is 0 Å². The van der Waals surface area contributed by atoms with Crippen LogP contribution in [0.4, 0.5) is 34.1 Å². The number of para-hydroxylation sites is 3. The lowest BCUT2D eigenvalue weighted by molar-refractivity contribution is 0.546. The van der Waals surface area contributed by atoms with Gasteiger partial charge in [0.25, 0.3) is 0 Å². The Balaban J connectivity index is 1.10. The van der Waals surface area contributed by atoms with E-state index in [4.69, 9.17) is 8.83 Å². The number of anilines is 6. The van der Waals surface area contributed by atoms with Crippen molar-refractivity contribution in [1.82, 2.24) is 0 Å². The maximum atomic E-state index is 6.50. The highest BCUT2D eigenvalue weighted by Crippen LogP contribution is 2.47. The van der Waals surface area contributed by atoms with Crippen molar-refractivity contribution in [2.75, 3.05) is 9.80 Å². The van der Waals surface area contributed by atoms with Crippen molar-refractivity contribution in [1.29, 1.82) is 0 Å².